The van der Waals surface area contributed by atoms with E-state index in [1.165, 1.54) is 18.4 Å². The lowest BCUT2D eigenvalue weighted by Crippen LogP contribution is -2.31. The number of rotatable bonds is 7. The van der Waals surface area contributed by atoms with E-state index in [1.807, 2.05) is 12.1 Å². The number of benzene rings is 1. The first-order valence-electron chi connectivity index (χ1n) is 6.59. The molecule has 2 heteroatoms. The monoisotopic (exact) mass is 253 g/mol. The minimum atomic E-state index is 0.570. The number of likely N-dealkylation sites (N-methyl/N-ethyl adjacent to an activating group) is 1. The molecule has 1 nitrogen and oxygen atoms in total. The molecule has 0 radical (unpaired) electrons. The van der Waals surface area contributed by atoms with E-state index in [1.54, 1.807) is 0 Å². The molecule has 1 unspecified atom stereocenters. The van der Waals surface area contributed by atoms with E-state index in [-0.39, 0.29) is 0 Å². The normalized spacial score (nSPS) is 13.0. The zero-order chi connectivity index (χ0) is 12.7. The van der Waals surface area contributed by atoms with Crippen LogP contribution in [0.1, 0.15) is 39.2 Å². The highest BCUT2D eigenvalue weighted by Crippen LogP contribution is 2.15. The summed E-state index contributed by atoms with van der Waals surface area (Å²) in [5, 5.41) is 4.40. The maximum absolute atomic E-state index is 6.01. The predicted octanol–water partition coefficient (Wildman–Crippen LogP) is 4.30. The second-order valence-corrected chi connectivity index (χ2v) is 5.50. The van der Waals surface area contributed by atoms with E-state index < -0.39 is 0 Å². The summed E-state index contributed by atoms with van der Waals surface area (Å²) in [5.41, 5.74) is 1.33. The average molecular weight is 254 g/mol. The van der Waals surface area contributed by atoms with Gasteiger partial charge in [0.05, 0.1) is 0 Å². The molecular formula is C15H24ClN. The Morgan fingerprint density at radius 2 is 2.00 bits per heavy atom. The van der Waals surface area contributed by atoms with Crippen molar-refractivity contribution in [2.75, 3.05) is 6.54 Å². The molecule has 17 heavy (non-hydrogen) atoms. The fraction of sp³-hybridized carbons (Fsp3) is 0.600. The molecule has 1 N–H and O–H groups in total. The molecule has 0 saturated heterocycles. The second-order valence-electron chi connectivity index (χ2n) is 5.06. The van der Waals surface area contributed by atoms with Crippen LogP contribution in [0.15, 0.2) is 24.3 Å². The first-order valence-corrected chi connectivity index (χ1v) is 6.97. The Hall–Kier alpha value is -0.530. The summed E-state index contributed by atoms with van der Waals surface area (Å²) in [6.07, 6.45) is 3.58. The van der Waals surface area contributed by atoms with Gasteiger partial charge in [0, 0.05) is 11.1 Å². The Labute approximate surface area is 111 Å². The van der Waals surface area contributed by atoms with Crippen molar-refractivity contribution in [3.8, 4) is 0 Å². The minimum absolute atomic E-state index is 0.570. The van der Waals surface area contributed by atoms with Crippen molar-refractivity contribution in [1.29, 1.82) is 0 Å². The zero-order valence-corrected chi connectivity index (χ0v) is 11.9. The van der Waals surface area contributed by atoms with E-state index in [2.05, 4.69) is 38.2 Å². The van der Waals surface area contributed by atoms with Crippen molar-refractivity contribution in [2.45, 2.75) is 46.1 Å². The molecule has 0 fully saturated rings. The van der Waals surface area contributed by atoms with Crippen molar-refractivity contribution < 1.29 is 0 Å². The molecule has 1 rings (SSSR count). The van der Waals surface area contributed by atoms with E-state index in [4.69, 9.17) is 11.6 Å². The van der Waals surface area contributed by atoms with Crippen LogP contribution in [-0.4, -0.2) is 12.6 Å². The lowest BCUT2D eigenvalue weighted by atomic mass is 9.98. The van der Waals surface area contributed by atoms with Crippen LogP contribution < -0.4 is 5.32 Å². The zero-order valence-electron chi connectivity index (χ0n) is 11.2. The van der Waals surface area contributed by atoms with Gasteiger partial charge < -0.3 is 5.32 Å². The third-order valence-corrected chi connectivity index (χ3v) is 3.19. The lowest BCUT2D eigenvalue weighted by Gasteiger charge is -2.19. The van der Waals surface area contributed by atoms with Gasteiger partial charge in [0.1, 0.15) is 0 Å². The third-order valence-electron chi connectivity index (χ3n) is 2.96. The molecule has 0 aliphatic rings. The third kappa shape index (κ3) is 6.09. The molecule has 0 saturated carbocycles. The van der Waals surface area contributed by atoms with Gasteiger partial charge in [0.2, 0.25) is 0 Å². The van der Waals surface area contributed by atoms with Crippen molar-refractivity contribution in [3.63, 3.8) is 0 Å². The first-order chi connectivity index (χ1) is 8.11. The molecule has 0 amide bonds. The summed E-state index contributed by atoms with van der Waals surface area (Å²) < 4.78 is 0. The topological polar surface area (TPSA) is 12.0 Å². The van der Waals surface area contributed by atoms with E-state index in [0.29, 0.717) is 6.04 Å². The summed E-state index contributed by atoms with van der Waals surface area (Å²) in [7, 11) is 0. The molecule has 0 aliphatic carbocycles. The smallest absolute Gasteiger partial charge is 0.0408 e. The van der Waals surface area contributed by atoms with Crippen LogP contribution in [0.25, 0.3) is 0 Å². The molecule has 0 bridgehead atoms. The molecule has 0 heterocycles. The Morgan fingerprint density at radius 3 is 2.59 bits per heavy atom. The SMILES string of the molecule is CCNC(CCC(C)C)Cc1cccc(Cl)c1. The van der Waals surface area contributed by atoms with E-state index in [9.17, 15) is 0 Å². The summed E-state index contributed by atoms with van der Waals surface area (Å²) >= 11 is 6.01. The fourth-order valence-electron chi connectivity index (χ4n) is 2.05. The highest BCUT2D eigenvalue weighted by atomic mass is 35.5. The number of hydrogen-bond donors (Lipinski definition) is 1. The maximum atomic E-state index is 6.01. The quantitative estimate of drug-likeness (QED) is 0.764. The molecule has 96 valence electrons. The summed E-state index contributed by atoms with van der Waals surface area (Å²) in [6, 6.07) is 8.76. The van der Waals surface area contributed by atoms with Crippen molar-refractivity contribution in [2.24, 2.45) is 5.92 Å². The largest absolute Gasteiger partial charge is 0.314 e. The lowest BCUT2D eigenvalue weighted by molar-refractivity contribution is 0.434. The molecule has 1 aromatic rings. The Kier molecular flexibility index (Phi) is 6.61. The van der Waals surface area contributed by atoms with Gasteiger partial charge in [-0.2, -0.15) is 0 Å². The summed E-state index contributed by atoms with van der Waals surface area (Å²) in [4.78, 5) is 0. The molecule has 1 atom stereocenters. The van der Waals surface area contributed by atoms with Crippen LogP contribution in [-0.2, 0) is 6.42 Å². The Balaban J connectivity index is 2.53. The van der Waals surface area contributed by atoms with E-state index in [0.717, 1.165) is 23.9 Å². The van der Waals surface area contributed by atoms with Gasteiger partial charge in [0.25, 0.3) is 0 Å². The molecule has 0 spiro atoms. The van der Waals surface area contributed by atoms with Crippen molar-refractivity contribution in [3.05, 3.63) is 34.9 Å². The highest BCUT2D eigenvalue weighted by Gasteiger charge is 2.09. The first kappa shape index (κ1) is 14.5. The van der Waals surface area contributed by atoms with Crippen molar-refractivity contribution >= 4 is 11.6 Å². The Bertz CT molecular complexity index is 322. The number of hydrogen-bond acceptors (Lipinski definition) is 1. The standard InChI is InChI=1S/C15H24ClN/c1-4-17-15(9-8-12(2)3)11-13-6-5-7-14(16)10-13/h5-7,10,12,15,17H,4,8-9,11H2,1-3H3. The summed E-state index contributed by atoms with van der Waals surface area (Å²) in [6.45, 7) is 7.76. The molecule has 0 aromatic heterocycles. The predicted molar refractivity (Wildman–Crippen MR) is 76.7 cm³/mol. The number of nitrogens with one attached hydrogen (secondary N) is 1. The van der Waals surface area contributed by atoms with E-state index >= 15 is 0 Å². The molecule has 1 aromatic carbocycles. The van der Waals surface area contributed by atoms with Gasteiger partial charge in [-0.25, -0.2) is 0 Å². The van der Waals surface area contributed by atoms with Gasteiger partial charge in [-0.05, 0) is 49.4 Å². The van der Waals surface area contributed by atoms with Gasteiger partial charge >= 0.3 is 0 Å². The second kappa shape index (κ2) is 7.73. The van der Waals surface area contributed by atoms with Crippen LogP contribution in [0.4, 0.5) is 0 Å². The summed E-state index contributed by atoms with van der Waals surface area (Å²) in [5.74, 6) is 0.774. The van der Waals surface area contributed by atoms with Gasteiger partial charge in [-0.1, -0.05) is 44.5 Å². The average Bonchev–Trinajstić information content (AvgIpc) is 2.26. The van der Waals surface area contributed by atoms with Crippen molar-refractivity contribution in [1.82, 2.24) is 5.32 Å². The fourth-order valence-corrected chi connectivity index (χ4v) is 2.26. The van der Waals surface area contributed by atoms with Crippen LogP contribution in [0.2, 0.25) is 5.02 Å². The maximum Gasteiger partial charge on any atom is 0.0408 e. The highest BCUT2D eigenvalue weighted by molar-refractivity contribution is 6.30. The van der Waals surface area contributed by atoms with Crippen LogP contribution in [0.3, 0.4) is 0 Å². The van der Waals surface area contributed by atoms with Gasteiger partial charge in [-0.15, -0.1) is 0 Å². The van der Waals surface area contributed by atoms with Gasteiger partial charge in [0.15, 0.2) is 0 Å². The van der Waals surface area contributed by atoms with Crippen LogP contribution in [0, 0.1) is 5.92 Å². The van der Waals surface area contributed by atoms with Crippen LogP contribution >= 0.6 is 11.6 Å². The number of halogens is 1. The molecule has 0 aliphatic heterocycles. The minimum Gasteiger partial charge on any atom is -0.314 e. The molecular weight excluding hydrogens is 230 g/mol. The van der Waals surface area contributed by atoms with Gasteiger partial charge in [-0.3, -0.25) is 0 Å². The Morgan fingerprint density at radius 1 is 1.24 bits per heavy atom. The van der Waals surface area contributed by atoms with Crippen LogP contribution in [0.5, 0.6) is 0 Å².